The number of rotatable bonds is 2. The predicted octanol–water partition coefficient (Wildman–Crippen LogP) is 3.93. The number of hydrogen-bond acceptors (Lipinski definition) is 2. The highest BCUT2D eigenvalue weighted by molar-refractivity contribution is 7.71. The molecule has 2 aromatic rings. The Kier molecular flexibility index (Phi) is 3.15. The minimum Gasteiger partial charge on any atom is -0.347 e. The fraction of sp³-hybridized carbons (Fsp3) is 0.231. The lowest BCUT2D eigenvalue weighted by Crippen LogP contribution is -1.99. The molecule has 1 aromatic carbocycles. The second-order valence-electron chi connectivity index (χ2n) is 4.03. The van der Waals surface area contributed by atoms with Crippen molar-refractivity contribution in [3.63, 3.8) is 0 Å². The van der Waals surface area contributed by atoms with Crippen LogP contribution >= 0.6 is 12.2 Å². The molecule has 0 fully saturated rings. The van der Waals surface area contributed by atoms with Crippen molar-refractivity contribution in [3.8, 4) is 11.3 Å². The molecule has 82 valence electrons. The quantitative estimate of drug-likeness (QED) is 0.792. The van der Waals surface area contributed by atoms with Crippen LogP contribution in [0.3, 0.4) is 0 Å². The maximum absolute atomic E-state index is 5.11. The molecule has 1 aromatic heterocycles. The van der Waals surface area contributed by atoms with Gasteiger partial charge in [-0.3, -0.25) is 4.98 Å². The molecule has 0 spiro atoms. The van der Waals surface area contributed by atoms with E-state index in [-0.39, 0.29) is 0 Å². The van der Waals surface area contributed by atoms with Crippen molar-refractivity contribution in [2.24, 2.45) is 0 Å². The molecule has 1 heterocycles. The number of aromatic nitrogens is 2. The van der Waals surface area contributed by atoms with Gasteiger partial charge in [0.05, 0.1) is 11.9 Å². The third-order valence-corrected chi connectivity index (χ3v) is 2.66. The molecule has 1 N–H and O–H groups in total. The molecule has 0 unspecified atom stereocenters. The molecule has 0 atom stereocenters. The average Bonchev–Trinajstić information content (AvgIpc) is 2.30. The van der Waals surface area contributed by atoms with Crippen LogP contribution in [0.5, 0.6) is 0 Å². The van der Waals surface area contributed by atoms with Gasteiger partial charge in [-0.05, 0) is 5.92 Å². The Morgan fingerprint density at radius 1 is 1.19 bits per heavy atom. The van der Waals surface area contributed by atoms with E-state index in [0.717, 1.165) is 17.0 Å². The summed E-state index contributed by atoms with van der Waals surface area (Å²) in [5.41, 5.74) is 3.21. The maximum atomic E-state index is 5.11. The molecule has 0 aliphatic heterocycles. The zero-order valence-electron chi connectivity index (χ0n) is 9.40. The zero-order valence-corrected chi connectivity index (χ0v) is 10.2. The van der Waals surface area contributed by atoms with Crippen molar-refractivity contribution in [2.75, 3.05) is 0 Å². The third kappa shape index (κ3) is 2.19. The van der Waals surface area contributed by atoms with Crippen LogP contribution in [0.2, 0.25) is 0 Å². The molecule has 0 amide bonds. The van der Waals surface area contributed by atoms with Crippen LogP contribution in [-0.4, -0.2) is 9.97 Å². The Morgan fingerprint density at radius 2 is 1.88 bits per heavy atom. The summed E-state index contributed by atoms with van der Waals surface area (Å²) in [6, 6.07) is 10.2. The van der Waals surface area contributed by atoms with Crippen molar-refractivity contribution in [1.82, 2.24) is 9.97 Å². The van der Waals surface area contributed by atoms with Crippen LogP contribution in [0.4, 0.5) is 0 Å². The van der Waals surface area contributed by atoms with Crippen molar-refractivity contribution >= 4 is 12.2 Å². The van der Waals surface area contributed by atoms with E-state index in [1.54, 1.807) is 6.20 Å². The summed E-state index contributed by atoms with van der Waals surface area (Å²) in [5, 5.41) is 0. The first-order valence-electron chi connectivity index (χ1n) is 5.33. The first-order valence-corrected chi connectivity index (χ1v) is 5.74. The monoisotopic (exact) mass is 230 g/mol. The van der Waals surface area contributed by atoms with Crippen molar-refractivity contribution in [2.45, 2.75) is 19.8 Å². The molecule has 3 heteroatoms. The summed E-state index contributed by atoms with van der Waals surface area (Å²) in [7, 11) is 0. The highest BCUT2D eigenvalue weighted by atomic mass is 32.1. The Bertz CT molecular complexity index is 529. The molecular weight excluding hydrogens is 216 g/mol. The molecule has 0 saturated heterocycles. The highest BCUT2D eigenvalue weighted by Crippen LogP contribution is 2.24. The number of aromatic amines is 1. The lowest BCUT2D eigenvalue weighted by atomic mass is 10.0. The standard InChI is InChI=1S/C13H14N2S/c1-9(2)12-13(14-8-11(16)15-12)10-6-4-3-5-7-10/h3-9H,1-2H3,(H,15,16). The summed E-state index contributed by atoms with van der Waals surface area (Å²) in [4.78, 5) is 7.66. The van der Waals surface area contributed by atoms with Gasteiger partial charge in [-0.25, -0.2) is 0 Å². The molecule has 0 saturated carbocycles. The summed E-state index contributed by atoms with van der Waals surface area (Å²) < 4.78 is 0.684. The molecule has 16 heavy (non-hydrogen) atoms. The zero-order chi connectivity index (χ0) is 11.5. The van der Waals surface area contributed by atoms with Gasteiger partial charge in [0.2, 0.25) is 0 Å². The molecule has 2 rings (SSSR count). The first-order chi connectivity index (χ1) is 7.68. The van der Waals surface area contributed by atoms with Gasteiger partial charge >= 0.3 is 0 Å². The van der Waals surface area contributed by atoms with Crippen LogP contribution < -0.4 is 0 Å². The smallest absolute Gasteiger partial charge is 0.122 e. The lowest BCUT2D eigenvalue weighted by molar-refractivity contribution is 0.813. The van der Waals surface area contributed by atoms with Crippen LogP contribution in [0, 0.1) is 4.64 Å². The van der Waals surface area contributed by atoms with E-state index in [9.17, 15) is 0 Å². The Balaban J connectivity index is 2.61. The van der Waals surface area contributed by atoms with E-state index < -0.39 is 0 Å². The average molecular weight is 230 g/mol. The summed E-state index contributed by atoms with van der Waals surface area (Å²) in [6.45, 7) is 4.27. The van der Waals surface area contributed by atoms with E-state index in [4.69, 9.17) is 12.2 Å². The van der Waals surface area contributed by atoms with Gasteiger partial charge in [-0.1, -0.05) is 56.4 Å². The van der Waals surface area contributed by atoms with Gasteiger partial charge < -0.3 is 4.98 Å². The summed E-state index contributed by atoms with van der Waals surface area (Å²) in [5.74, 6) is 0.380. The van der Waals surface area contributed by atoms with E-state index in [0.29, 0.717) is 10.6 Å². The fourth-order valence-corrected chi connectivity index (χ4v) is 1.82. The van der Waals surface area contributed by atoms with E-state index in [1.807, 2.05) is 18.2 Å². The Hall–Kier alpha value is -1.48. The number of benzene rings is 1. The summed E-state index contributed by atoms with van der Waals surface area (Å²) in [6.07, 6.45) is 1.70. The minimum atomic E-state index is 0.380. The van der Waals surface area contributed by atoms with Crippen molar-refractivity contribution in [1.29, 1.82) is 0 Å². The largest absolute Gasteiger partial charge is 0.347 e. The Labute approximate surface area is 100 Å². The number of nitrogens with one attached hydrogen (secondary N) is 1. The van der Waals surface area contributed by atoms with Crippen LogP contribution in [0.15, 0.2) is 36.5 Å². The van der Waals surface area contributed by atoms with Gasteiger partial charge in [0.25, 0.3) is 0 Å². The third-order valence-electron chi connectivity index (χ3n) is 2.45. The number of H-pyrrole nitrogens is 1. The number of hydrogen-bond donors (Lipinski definition) is 1. The van der Waals surface area contributed by atoms with Gasteiger partial charge in [-0.15, -0.1) is 0 Å². The molecular formula is C13H14N2S. The van der Waals surface area contributed by atoms with Gasteiger partial charge in [-0.2, -0.15) is 0 Å². The lowest BCUT2D eigenvalue weighted by Gasteiger charge is -2.11. The predicted molar refractivity (Wildman–Crippen MR) is 68.9 cm³/mol. The second kappa shape index (κ2) is 4.58. The topological polar surface area (TPSA) is 28.7 Å². The second-order valence-corrected chi connectivity index (χ2v) is 4.47. The number of nitrogens with zero attached hydrogens (tertiary/aromatic N) is 1. The van der Waals surface area contributed by atoms with Crippen LogP contribution in [0.25, 0.3) is 11.3 Å². The minimum absolute atomic E-state index is 0.380. The van der Waals surface area contributed by atoms with Crippen LogP contribution in [0.1, 0.15) is 25.5 Å². The fourth-order valence-electron chi connectivity index (χ4n) is 1.66. The van der Waals surface area contributed by atoms with Gasteiger partial charge in [0.15, 0.2) is 0 Å². The first kappa shape index (κ1) is 11.0. The van der Waals surface area contributed by atoms with Crippen LogP contribution in [-0.2, 0) is 0 Å². The highest BCUT2D eigenvalue weighted by Gasteiger charge is 2.09. The van der Waals surface area contributed by atoms with E-state index in [2.05, 4.69) is 35.9 Å². The van der Waals surface area contributed by atoms with Gasteiger partial charge in [0, 0.05) is 11.3 Å². The molecule has 0 aliphatic carbocycles. The SMILES string of the molecule is CC(C)c1[nH]c(=S)cnc1-c1ccccc1. The molecule has 2 nitrogen and oxygen atoms in total. The molecule has 0 radical (unpaired) electrons. The Morgan fingerprint density at radius 3 is 2.50 bits per heavy atom. The van der Waals surface area contributed by atoms with E-state index in [1.165, 1.54) is 0 Å². The maximum Gasteiger partial charge on any atom is 0.122 e. The van der Waals surface area contributed by atoms with Crippen molar-refractivity contribution in [3.05, 3.63) is 46.9 Å². The normalized spacial score (nSPS) is 10.7. The van der Waals surface area contributed by atoms with Crippen molar-refractivity contribution < 1.29 is 0 Å². The van der Waals surface area contributed by atoms with E-state index >= 15 is 0 Å². The molecule has 0 aliphatic rings. The summed E-state index contributed by atoms with van der Waals surface area (Å²) >= 11 is 5.11. The molecule has 0 bridgehead atoms. The van der Waals surface area contributed by atoms with Gasteiger partial charge in [0.1, 0.15) is 4.64 Å².